The number of primary amides is 1. The van der Waals surface area contributed by atoms with E-state index in [1.54, 1.807) is 13.8 Å². The molecule has 2 unspecified atom stereocenters. The van der Waals surface area contributed by atoms with Crippen molar-refractivity contribution in [3.63, 3.8) is 0 Å². The minimum atomic E-state index is -0.918. The van der Waals surface area contributed by atoms with Crippen LogP contribution in [0.15, 0.2) is 0 Å². The number of rotatable bonds is 25. The first-order valence-electron chi connectivity index (χ1n) is 15.1. The van der Waals surface area contributed by atoms with Crippen LogP contribution in [-0.2, 0) is 19.2 Å². The number of nitrogens with two attached hydrogens (primary N) is 1. The number of amides is 3. The zero-order valence-electron chi connectivity index (χ0n) is 24.7. The zero-order chi connectivity index (χ0) is 28.8. The van der Waals surface area contributed by atoms with Crippen molar-refractivity contribution < 1.29 is 24.3 Å². The van der Waals surface area contributed by atoms with Crippen molar-refractivity contribution in [2.45, 2.75) is 137 Å². The van der Waals surface area contributed by atoms with Gasteiger partial charge in [0, 0.05) is 30.8 Å². The molecule has 0 saturated carbocycles. The first-order valence-corrected chi connectivity index (χ1v) is 15.1. The van der Waals surface area contributed by atoms with Crippen LogP contribution in [0.2, 0.25) is 0 Å². The van der Waals surface area contributed by atoms with Crippen molar-refractivity contribution in [1.82, 2.24) is 10.6 Å². The molecule has 8 heteroatoms. The normalized spacial score (nSPS) is 13.1. The summed E-state index contributed by atoms with van der Waals surface area (Å²) in [6, 6.07) is 0. The van der Waals surface area contributed by atoms with E-state index in [-0.39, 0.29) is 24.2 Å². The van der Waals surface area contributed by atoms with E-state index in [9.17, 15) is 24.3 Å². The van der Waals surface area contributed by atoms with Crippen molar-refractivity contribution in [3.8, 4) is 0 Å². The van der Waals surface area contributed by atoms with E-state index in [2.05, 4.69) is 17.6 Å². The van der Waals surface area contributed by atoms with E-state index in [1.165, 1.54) is 57.8 Å². The molecule has 0 rings (SSSR count). The molecule has 0 saturated heterocycles. The summed E-state index contributed by atoms with van der Waals surface area (Å²) in [6.07, 6.45) is 16.7. The average molecular weight is 540 g/mol. The Balaban J connectivity index is 4.00. The van der Waals surface area contributed by atoms with Gasteiger partial charge in [-0.2, -0.15) is 0 Å². The van der Waals surface area contributed by atoms with E-state index >= 15 is 0 Å². The maximum Gasteiger partial charge on any atom is 0.307 e. The molecule has 0 aromatic rings. The molecule has 0 fully saturated rings. The molecule has 8 nitrogen and oxygen atoms in total. The van der Waals surface area contributed by atoms with Crippen molar-refractivity contribution in [3.05, 3.63) is 0 Å². The van der Waals surface area contributed by atoms with Crippen LogP contribution in [0.3, 0.4) is 0 Å². The number of carboxylic acids is 1. The minimum Gasteiger partial charge on any atom is -0.481 e. The largest absolute Gasteiger partial charge is 0.481 e. The molecular weight excluding hydrogens is 482 g/mol. The second kappa shape index (κ2) is 21.8. The molecule has 5 N–H and O–H groups in total. The van der Waals surface area contributed by atoms with Gasteiger partial charge in [-0.25, -0.2) is 0 Å². The molecule has 0 aliphatic carbocycles. The van der Waals surface area contributed by atoms with E-state index < -0.39 is 23.2 Å². The fourth-order valence-corrected chi connectivity index (χ4v) is 4.75. The van der Waals surface area contributed by atoms with Crippen LogP contribution >= 0.6 is 0 Å². The molecule has 0 heterocycles. The molecule has 0 aliphatic heterocycles. The molecule has 222 valence electrons. The summed E-state index contributed by atoms with van der Waals surface area (Å²) in [6.45, 7) is 8.44. The Kier molecular flexibility index (Phi) is 20.6. The highest BCUT2D eigenvalue weighted by molar-refractivity contribution is 5.84. The standard InChI is InChI=1S/C30H57N3O5/c1-5-7-8-9-10-11-12-13-14-15-16-17-19-25(28(36)37)22-26(34)32-20-18-21-33-29(38)30(3,4)23-24(6-2)27(31)35/h24-25H,5-23H2,1-4H3,(H2,31,35)(H,32,34)(H,33,38)(H,36,37). The quantitative estimate of drug-likeness (QED) is 0.110. The van der Waals surface area contributed by atoms with Gasteiger partial charge in [-0.05, 0) is 25.7 Å². The zero-order valence-corrected chi connectivity index (χ0v) is 24.7. The van der Waals surface area contributed by atoms with Crippen LogP contribution in [0.1, 0.15) is 137 Å². The fraction of sp³-hybridized carbons (Fsp3) is 0.867. The summed E-state index contributed by atoms with van der Waals surface area (Å²) >= 11 is 0. The molecule has 0 aromatic heterocycles. The van der Waals surface area contributed by atoms with Gasteiger partial charge in [0.1, 0.15) is 0 Å². The van der Waals surface area contributed by atoms with Crippen LogP contribution in [0.4, 0.5) is 0 Å². The highest BCUT2D eigenvalue weighted by Crippen LogP contribution is 2.27. The number of carbonyl (C=O) groups is 4. The molecule has 0 bridgehead atoms. The van der Waals surface area contributed by atoms with Gasteiger partial charge in [0.15, 0.2) is 0 Å². The molecule has 0 radical (unpaired) electrons. The minimum absolute atomic E-state index is 0.0156. The second-order valence-corrected chi connectivity index (χ2v) is 11.5. The fourth-order valence-electron chi connectivity index (χ4n) is 4.75. The lowest BCUT2D eigenvalue weighted by atomic mass is 9.80. The topological polar surface area (TPSA) is 139 Å². The van der Waals surface area contributed by atoms with Gasteiger partial charge in [0.25, 0.3) is 0 Å². The van der Waals surface area contributed by atoms with Gasteiger partial charge in [-0.3, -0.25) is 19.2 Å². The SMILES string of the molecule is CCCCCCCCCCCCCCC(CC(=O)NCCCNC(=O)C(C)(C)CC(CC)C(N)=O)C(=O)O. The molecule has 38 heavy (non-hydrogen) atoms. The van der Waals surface area contributed by atoms with Gasteiger partial charge in [0.05, 0.1) is 5.92 Å². The Morgan fingerprint density at radius 2 is 1.24 bits per heavy atom. The summed E-state index contributed by atoms with van der Waals surface area (Å²) in [5, 5.41) is 15.1. The van der Waals surface area contributed by atoms with Gasteiger partial charge in [0.2, 0.25) is 17.7 Å². The van der Waals surface area contributed by atoms with Crippen molar-refractivity contribution >= 4 is 23.7 Å². The van der Waals surface area contributed by atoms with Gasteiger partial charge < -0.3 is 21.5 Å². The number of unbranched alkanes of at least 4 members (excludes halogenated alkanes) is 11. The van der Waals surface area contributed by atoms with Crippen LogP contribution in [0, 0.1) is 17.3 Å². The summed E-state index contributed by atoms with van der Waals surface area (Å²) in [5.74, 6) is -2.73. The third-order valence-corrected chi connectivity index (χ3v) is 7.42. The third-order valence-electron chi connectivity index (χ3n) is 7.42. The number of hydrogen-bond donors (Lipinski definition) is 4. The Morgan fingerprint density at radius 3 is 1.71 bits per heavy atom. The van der Waals surface area contributed by atoms with Gasteiger partial charge in [-0.1, -0.05) is 105 Å². The van der Waals surface area contributed by atoms with Crippen molar-refractivity contribution in [1.29, 1.82) is 0 Å². The van der Waals surface area contributed by atoms with E-state index in [0.717, 1.165) is 19.3 Å². The average Bonchev–Trinajstić information content (AvgIpc) is 2.86. The maximum atomic E-state index is 12.5. The Hall–Kier alpha value is -2.12. The number of aliphatic carboxylic acids is 1. The van der Waals surface area contributed by atoms with Crippen molar-refractivity contribution in [2.24, 2.45) is 23.0 Å². The molecule has 0 spiro atoms. The van der Waals surface area contributed by atoms with Gasteiger partial charge >= 0.3 is 5.97 Å². The number of nitrogens with one attached hydrogen (secondary N) is 2. The number of carboxylic acid groups (broad SMARTS) is 1. The van der Waals surface area contributed by atoms with E-state index in [1.807, 2.05) is 6.92 Å². The molecule has 3 amide bonds. The lowest BCUT2D eigenvalue weighted by Gasteiger charge is -2.26. The molecule has 2 atom stereocenters. The highest BCUT2D eigenvalue weighted by Gasteiger charge is 2.32. The molecule has 0 aromatic carbocycles. The smallest absolute Gasteiger partial charge is 0.307 e. The number of carbonyl (C=O) groups excluding carboxylic acids is 3. The monoisotopic (exact) mass is 539 g/mol. The lowest BCUT2D eigenvalue weighted by Crippen LogP contribution is -2.41. The summed E-state index contributed by atoms with van der Waals surface area (Å²) in [7, 11) is 0. The van der Waals surface area contributed by atoms with Gasteiger partial charge in [-0.15, -0.1) is 0 Å². The van der Waals surface area contributed by atoms with Crippen LogP contribution in [0.5, 0.6) is 0 Å². The highest BCUT2D eigenvalue weighted by atomic mass is 16.4. The maximum absolute atomic E-state index is 12.5. The first kappa shape index (κ1) is 35.9. The third kappa shape index (κ3) is 18.2. The van der Waals surface area contributed by atoms with Crippen molar-refractivity contribution in [2.75, 3.05) is 13.1 Å². The summed E-state index contributed by atoms with van der Waals surface area (Å²) in [4.78, 5) is 47.8. The predicted octanol–water partition coefficient (Wildman–Crippen LogP) is 5.72. The van der Waals surface area contributed by atoms with Crippen LogP contribution in [-0.4, -0.2) is 41.9 Å². The van der Waals surface area contributed by atoms with Crippen LogP contribution < -0.4 is 16.4 Å². The lowest BCUT2D eigenvalue weighted by molar-refractivity contribution is -0.144. The Bertz CT molecular complexity index is 681. The second-order valence-electron chi connectivity index (χ2n) is 11.5. The first-order chi connectivity index (χ1) is 18.0. The molecular formula is C30H57N3O5. The van der Waals surface area contributed by atoms with Crippen LogP contribution in [0.25, 0.3) is 0 Å². The molecule has 0 aliphatic rings. The Morgan fingerprint density at radius 1 is 0.737 bits per heavy atom. The van der Waals surface area contributed by atoms with E-state index in [0.29, 0.717) is 38.8 Å². The predicted molar refractivity (Wildman–Crippen MR) is 153 cm³/mol. The number of hydrogen-bond acceptors (Lipinski definition) is 4. The van der Waals surface area contributed by atoms with E-state index in [4.69, 9.17) is 5.73 Å². The summed E-state index contributed by atoms with van der Waals surface area (Å²) < 4.78 is 0. The summed E-state index contributed by atoms with van der Waals surface area (Å²) in [5.41, 5.74) is 4.68. The Labute approximate surface area is 231 Å².